The molecule has 0 aromatic heterocycles. The van der Waals surface area contributed by atoms with Crippen molar-refractivity contribution >= 4 is 5.97 Å². The number of aliphatic hydroxyl groups is 2. The van der Waals surface area contributed by atoms with Gasteiger partial charge in [0, 0.05) is 12.3 Å². The molecule has 0 saturated heterocycles. The fourth-order valence-corrected chi connectivity index (χ4v) is 2.11. The molecule has 1 saturated carbocycles. The van der Waals surface area contributed by atoms with Crippen LogP contribution in [0.15, 0.2) is 0 Å². The molecule has 0 amide bonds. The van der Waals surface area contributed by atoms with E-state index < -0.39 is 12.3 Å². The zero-order valence-electron chi connectivity index (χ0n) is 7.52. The Balaban J connectivity index is 2.51. The van der Waals surface area contributed by atoms with Gasteiger partial charge in [0.05, 0.1) is 0 Å². The van der Waals surface area contributed by atoms with Gasteiger partial charge in [-0.3, -0.25) is 4.79 Å². The van der Waals surface area contributed by atoms with Crippen LogP contribution in [0.2, 0.25) is 0 Å². The normalized spacial score (nSPS) is 29.2. The van der Waals surface area contributed by atoms with Crippen molar-refractivity contribution in [1.82, 2.24) is 0 Å². The molecule has 1 rings (SSSR count). The SMILES string of the molecule is O=C(O)CC1CCCCC1C(O)O. The van der Waals surface area contributed by atoms with Gasteiger partial charge in [-0.05, 0) is 18.8 Å². The predicted molar refractivity (Wildman–Crippen MR) is 45.9 cm³/mol. The molecule has 3 N–H and O–H groups in total. The van der Waals surface area contributed by atoms with E-state index in [0.717, 1.165) is 25.7 Å². The van der Waals surface area contributed by atoms with E-state index in [1.165, 1.54) is 0 Å². The fraction of sp³-hybridized carbons (Fsp3) is 0.889. The standard InChI is InChI=1S/C9H16O4/c10-8(11)5-6-3-1-2-4-7(6)9(12)13/h6-7,9,12-13H,1-5H2,(H,10,11). The summed E-state index contributed by atoms with van der Waals surface area (Å²) in [6, 6.07) is 0. The minimum absolute atomic E-state index is 0.0578. The lowest BCUT2D eigenvalue weighted by Crippen LogP contribution is -2.31. The van der Waals surface area contributed by atoms with Gasteiger partial charge < -0.3 is 15.3 Å². The summed E-state index contributed by atoms with van der Waals surface area (Å²) in [5, 5.41) is 26.6. The molecule has 76 valence electrons. The van der Waals surface area contributed by atoms with Crippen LogP contribution in [0, 0.1) is 11.8 Å². The number of aliphatic carboxylic acids is 1. The average Bonchev–Trinajstić information content (AvgIpc) is 2.03. The Labute approximate surface area is 77.2 Å². The van der Waals surface area contributed by atoms with Crippen molar-refractivity contribution in [3.8, 4) is 0 Å². The second-order valence-corrected chi connectivity index (χ2v) is 3.72. The zero-order valence-corrected chi connectivity index (χ0v) is 7.52. The van der Waals surface area contributed by atoms with Gasteiger partial charge in [0.1, 0.15) is 0 Å². The van der Waals surface area contributed by atoms with E-state index in [0.29, 0.717) is 0 Å². The smallest absolute Gasteiger partial charge is 0.303 e. The van der Waals surface area contributed by atoms with Crippen molar-refractivity contribution in [2.75, 3.05) is 0 Å². The first kappa shape index (κ1) is 10.5. The van der Waals surface area contributed by atoms with Crippen LogP contribution in [0.25, 0.3) is 0 Å². The van der Waals surface area contributed by atoms with E-state index in [1.807, 2.05) is 0 Å². The highest BCUT2D eigenvalue weighted by molar-refractivity contribution is 5.67. The molecule has 0 aliphatic heterocycles. The third-order valence-electron chi connectivity index (χ3n) is 2.79. The molecular formula is C9H16O4. The van der Waals surface area contributed by atoms with E-state index in [-0.39, 0.29) is 18.3 Å². The van der Waals surface area contributed by atoms with Crippen LogP contribution in [0.5, 0.6) is 0 Å². The molecule has 4 heteroatoms. The summed E-state index contributed by atoms with van der Waals surface area (Å²) < 4.78 is 0. The molecule has 1 aliphatic rings. The lowest BCUT2D eigenvalue weighted by molar-refractivity contribution is -0.143. The zero-order chi connectivity index (χ0) is 9.84. The minimum Gasteiger partial charge on any atom is -0.481 e. The van der Waals surface area contributed by atoms with Crippen molar-refractivity contribution in [3.05, 3.63) is 0 Å². The topological polar surface area (TPSA) is 77.8 Å². The van der Waals surface area contributed by atoms with E-state index >= 15 is 0 Å². The Bertz CT molecular complexity index is 178. The van der Waals surface area contributed by atoms with Crippen molar-refractivity contribution in [2.45, 2.75) is 38.4 Å². The van der Waals surface area contributed by atoms with E-state index in [4.69, 9.17) is 15.3 Å². The number of carboxylic acids is 1. The molecule has 0 spiro atoms. The monoisotopic (exact) mass is 188 g/mol. The molecule has 2 atom stereocenters. The fourth-order valence-electron chi connectivity index (χ4n) is 2.11. The maximum Gasteiger partial charge on any atom is 0.303 e. The number of rotatable bonds is 3. The molecule has 0 radical (unpaired) electrons. The van der Waals surface area contributed by atoms with Crippen LogP contribution < -0.4 is 0 Å². The second kappa shape index (κ2) is 4.58. The van der Waals surface area contributed by atoms with E-state index in [1.54, 1.807) is 0 Å². The lowest BCUT2D eigenvalue weighted by atomic mass is 9.77. The number of hydrogen-bond acceptors (Lipinski definition) is 3. The molecule has 0 aromatic carbocycles. The highest BCUT2D eigenvalue weighted by Crippen LogP contribution is 2.33. The van der Waals surface area contributed by atoms with E-state index in [9.17, 15) is 4.79 Å². The Morgan fingerprint density at radius 1 is 1.31 bits per heavy atom. The molecule has 1 aliphatic carbocycles. The van der Waals surface area contributed by atoms with Gasteiger partial charge >= 0.3 is 5.97 Å². The third kappa shape index (κ3) is 2.97. The minimum atomic E-state index is -1.36. The number of hydrogen-bond donors (Lipinski definition) is 3. The number of carbonyl (C=O) groups is 1. The Hall–Kier alpha value is -0.610. The van der Waals surface area contributed by atoms with Crippen LogP contribution in [0.4, 0.5) is 0 Å². The van der Waals surface area contributed by atoms with Crippen LogP contribution in [0.1, 0.15) is 32.1 Å². The summed E-state index contributed by atoms with van der Waals surface area (Å²) in [5.41, 5.74) is 0. The summed E-state index contributed by atoms with van der Waals surface area (Å²) in [4.78, 5) is 10.5. The average molecular weight is 188 g/mol. The second-order valence-electron chi connectivity index (χ2n) is 3.72. The van der Waals surface area contributed by atoms with Gasteiger partial charge in [-0.25, -0.2) is 0 Å². The first-order chi connectivity index (χ1) is 6.11. The van der Waals surface area contributed by atoms with Crippen molar-refractivity contribution in [3.63, 3.8) is 0 Å². The van der Waals surface area contributed by atoms with Gasteiger partial charge in [-0.1, -0.05) is 12.8 Å². The molecule has 0 aromatic rings. The summed E-state index contributed by atoms with van der Waals surface area (Å²) in [7, 11) is 0. The Morgan fingerprint density at radius 3 is 2.46 bits per heavy atom. The third-order valence-corrected chi connectivity index (χ3v) is 2.79. The maximum absolute atomic E-state index is 10.5. The number of aliphatic hydroxyl groups excluding tert-OH is 1. The predicted octanol–water partition coefficient (Wildman–Crippen LogP) is 0.578. The first-order valence-corrected chi connectivity index (χ1v) is 4.69. The highest BCUT2D eigenvalue weighted by atomic mass is 16.5. The lowest BCUT2D eigenvalue weighted by Gasteiger charge is -2.31. The van der Waals surface area contributed by atoms with Crippen LogP contribution in [0.3, 0.4) is 0 Å². The highest BCUT2D eigenvalue weighted by Gasteiger charge is 2.31. The summed E-state index contributed by atoms with van der Waals surface area (Å²) in [6.07, 6.45) is 2.20. The first-order valence-electron chi connectivity index (χ1n) is 4.69. The summed E-state index contributed by atoms with van der Waals surface area (Å²) in [5.74, 6) is -1.16. The Morgan fingerprint density at radius 2 is 1.92 bits per heavy atom. The maximum atomic E-state index is 10.5. The molecule has 0 heterocycles. The van der Waals surface area contributed by atoms with Gasteiger partial charge in [0.2, 0.25) is 0 Å². The van der Waals surface area contributed by atoms with E-state index in [2.05, 4.69) is 0 Å². The van der Waals surface area contributed by atoms with Crippen LogP contribution in [-0.2, 0) is 4.79 Å². The largest absolute Gasteiger partial charge is 0.481 e. The van der Waals surface area contributed by atoms with Crippen molar-refractivity contribution < 1.29 is 20.1 Å². The molecule has 1 fully saturated rings. The van der Waals surface area contributed by atoms with Crippen LogP contribution in [-0.4, -0.2) is 27.6 Å². The van der Waals surface area contributed by atoms with Gasteiger partial charge in [0.25, 0.3) is 0 Å². The number of carboxylic acid groups (broad SMARTS) is 1. The van der Waals surface area contributed by atoms with Gasteiger partial charge in [-0.15, -0.1) is 0 Å². The van der Waals surface area contributed by atoms with Crippen molar-refractivity contribution in [1.29, 1.82) is 0 Å². The quantitative estimate of drug-likeness (QED) is 0.566. The molecule has 4 nitrogen and oxygen atoms in total. The summed E-state index contributed by atoms with van der Waals surface area (Å²) >= 11 is 0. The van der Waals surface area contributed by atoms with Gasteiger partial charge in [0.15, 0.2) is 6.29 Å². The van der Waals surface area contributed by atoms with Crippen LogP contribution >= 0.6 is 0 Å². The molecule has 13 heavy (non-hydrogen) atoms. The van der Waals surface area contributed by atoms with Gasteiger partial charge in [-0.2, -0.15) is 0 Å². The Kier molecular flexibility index (Phi) is 3.69. The summed E-state index contributed by atoms with van der Waals surface area (Å²) in [6.45, 7) is 0. The molecular weight excluding hydrogens is 172 g/mol. The molecule has 0 bridgehead atoms. The van der Waals surface area contributed by atoms with Crippen molar-refractivity contribution in [2.24, 2.45) is 11.8 Å². The molecule has 2 unspecified atom stereocenters.